The van der Waals surface area contributed by atoms with Gasteiger partial charge in [-0.05, 0) is 38.1 Å². The van der Waals surface area contributed by atoms with E-state index >= 15 is 0 Å². The van der Waals surface area contributed by atoms with Crippen LogP contribution in [-0.4, -0.2) is 23.0 Å². The predicted octanol–water partition coefficient (Wildman–Crippen LogP) is 4.51. The molecule has 1 amide bonds. The van der Waals surface area contributed by atoms with E-state index in [4.69, 9.17) is 27.9 Å². The minimum absolute atomic E-state index is 0.232. The number of benzene rings is 1. The van der Waals surface area contributed by atoms with Crippen molar-refractivity contribution in [2.24, 2.45) is 0 Å². The summed E-state index contributed by atoms with van der Waals surface area (Å²) in [6.07, 6.45) is 0.655. The van der Waals surface area contributed by atoms with Crippen molar-refractivity contribution in [2.45, 2.75) is 20.0 Å². The number of ketones is 1. The first-order valence-electron chi connectivity index (χ1n) is 6.52. The number of ether oxygens (including phenoxy) is 1. The maximum absolute atomic E-state index is 12.4. The van der Waals surface area contributed by atoms with Gasteiger partial charge in [-0.15, -0.1) is 0 Å². The monoisotopic (exact) mass is 340 g/mol. The second-order valence-corrected chi connectivity index (χ2v) is 5.68. The van der Waals surface area contributed by atoms with Gasteiger partial charge in [0.25, 0.3) is 0 Å². The van der Waals surface area contributed by atoms with Crippen LogP contribution in [0.4, 0.5) is 10.6 Å². The van der Waals surface area contributed by atoms with Gasteiger partial charge in [-0.25, -0.2) is 4.79 Å². The molecule has 22 heavy (non-hydrogen) atoms. The molecule has 0 radical (unpaired) electrons. The standard InChI is InChI=1S/C15H14Cl2N2O3/c1-8(2)22-15(21)19-13-5-9(7-18-13)14(20)11-4-3-10(16)6-12(11)17/h3-8,18H,1-2H3,(H,19,21). The molecular formula is C15H14Cl2N2O3. The third-order valence-corrected chi connectivity index (χ3v) is 3.25. The van der Waals surface area contributed by atoms with Gasteiger partial charge in [0.2, 0.25) is 0 Å². The summed E-state index contributed by atoms with van der Waals surface area (Å²) in [5, 5.41) is 3.22. The number of aromatic nitrogens is 1. The maximum atomic E-state index is 12.4. The summed E-state index contributed by atoms with van der Waals surface area (Å²) in [4.78, 5) is 26.6. The highest BCUT2D eigenvalue weighted by Gasteiger charge is 2.16. The number of carbonyl (C=O) groups is 2. The van der Waals surface area contributed by atoms with Crippen LogP contribution in [0.5, 0.6) is 0 Å². The number of hydrogen-bond donors (Lipinski definition) is 2. The summed E-state index contributed by atoms with van der Waals surface area (Å²) in [7, 11) is 0. The van der Waals surface area contributed by atoms with Gasteiger partial charge in [0.15, 0.2) is 5.78 Å². The Balaban J connectivity index is 2.14. The molecule has 0 aliphatic heterocycles. The van der Waals surface area contributed by atoms with Crippen LogP contribution in [0.2, 0.25) is 10.0 Å². The lowest BCUT2D eigenvalue weighted by Crippen LogP contribution is -2.18. The topological polar surface area (TPSA) is 71.2 Å². The molecule has 2 N–H and O–H groups in total. The lowest BCUT2D eigenvalue weighted by Gasteiger charge is -2.07. The smallest absolute Gasteiger partial charge is 0.413 e. The van der Waals surface area contributed by atoms with Crippen LogP contribution in [0, 0.1) is 0 Å². The predicted molar refractivity (Wildman–Crippen MR) is 85.9 cm³/mol. The molecule has 116 valence electrons. The Morgan fingerprint density at radius 3 is 2.59 bits per heavy atom. The fourth-order valence-corrected chi connectivity index (χ4v) is 2.27. The van der Waals surface area contributed by atoms with Crippen molar-refractivity contribution < 1.29 is 14.3 Å². The number of amides is 1. The molecule has 2 rings (SSSR count). The Labute approximate surface area is 137 Å². The highest BCUT2D eigenvalue weighted by molar-refractivity contribution is 6.37. The molecule has 1 heterocycles. The highest BCUT2D eigenvalue weighted by Crippen LogP contribution is 2.24. The number of rotatable bonds is 4. The molecule has 0 unspecified atom stereocenters. The second kappa shape index (κ2) is 6.85. The Morgan fingerprint density at radius 2 is 1.95 bits per heavy atom. The van der Waals surface area contributed by atoms with E-state index in [1.165, 1.54) is 18.3 Å². The van der Waals surface area contributed by atoms with Crippen LogP contribution in [-0.2, 0) is 4.74 Å². The van der Waals surface area contributed by atoms with Gasteiger partial charge in [-0.2, -0.15) is 0 Å². The molecule has 0 saturated carbocycles. The van der Waals surface area contributed by atoms with E-state index in [2.05, 4.69) is 10.3 Å². The Hall–Kier alpha value is -1.98. The molecule has 0 spiro atoms. The Bertz CT molecular complexity index is 711. The molecule has 5 nitrogen and oxygen atoms in total. The molecule has 1 aromatic heterocycles. The lowest BCUT2D eigenvalue weighted by molar-refractivity contribution is 0.103. The van der Waals surface area contributed by atoms with Crippen LogP contribution in [0.25, 0.3) is 0 Å². The quantitative estimate of drug-likeness (QED) is 0.804. The zero-order chi connectivity index (χ0) is 16.3. The van der Waals surface area contributed by atoms with Crippen molar-refractivity contribution in [2.75, 3.05) is 5.32 Å². The average molecular weight is 341 g/mol. The van der Waals surface area contributed by atoms with Crippen LogP contribution in [0.15, 0.2) is 30.5 Å². The van der Waals surface area contributed by atoms with Crippen molar-refractivity contribution in [1.82, 2.24) is 4.98 Å². The van der Waals surface area contributed by atoms with Crippen molar-refractivity contribution in [3.8, 4) is 0 Å². The van der Waals surface area contributed by atoms with E-state index < -0.39 is 6.09 Å². The maximum Gasteiger partial charge on any atom is 0.413 e. The fraction of sp³-hybridized carbons (Fsp3) is 0.200. The third-order valence-electron chi connectivity index (χ3n) is 2.70. The molecule has 0 atom stereocenters. The molecule has 0 fully saturated rings. The molecule has 0 saturated heterocycles. The first kappa shape index (κ1) is 16.4. The number of hydrogen-bond acceptors (Lipinski definition) is 3. The Kier molecular flexibility index (Phi) is 5.11. The lowest BCUT2D eigenvalue weighted by atomic mass is 10.1. The van der Waals surface area contributed by atoms with Gasteiger partial charge in [-0.1, -0.05) is 23.2 Å². The third kappa shape index (κ3) is 4.02. The van der Waals surface area contributed by atoms with Gasteiger partial charge in [0.05, 0.1) is 11.1 Å². The molecular weight excluding hydrogens is 327 g/mol. The number of carbonyl (C=O) groups excluding carboxylic acids is 2. The second-order valence-electron chi connectivity index (χ2n) is 4.83. The molecule has 0 bridgehead atoms. The van der Waals surface area contributed by atoms with Gasteiger partial charge in [-0.3, -0.25) is 10.1 Å². The number of aromatic amines is 1. The van der Waals surface area contributed by atoms with Crippen LogP contribution in [0.3, 0.4) is 0 Å². The van der Waals surface area contributed by atoms with Crippen LogP contribution >= 0.6 is 23.2 Å². The first-order chi connectivity index (χ1) is 10.4. The van der Waals surface area contributed by atoms with Gasteiger partial charge in [0.1, 0.15) is 5.82 Å². The summed E-state index contributed by atoms with van der Waals surface area (Å²) in [6, 6.07) is 6.16. The molecule has 7 heteroatoms. The largest absolute Gasteiger partial charge is 0.447 e. The SMILES string of the molecule is CC(C)OC(=O)Nc1cc(C(=O)c2ccc(Cl)cc2Cl)c[nH]1. The van der Waals surface area contributed by atoms with Crippen molar-refractivity contribution in [3.05, 3.63) is 51.6 Å². The zero-order valence-corrected chi connectivity index (χ0v) is 13.5. The van der Waals surface area contributed by atoms with Gasteiger partial charge in [0, 0.05) is 22.3 Å². The summed E-state index contributed by atoms with van der Waals surface area (Å²) < 4.78 is 4.95. The Morgan fingerprint density at radius 1 is 1.23 bits per heavy atom. The molecule has 0 aliphatic rings. The normalized spacial score (nSPS) is 10.6. The summed E-state index contributed by atoms with van der Waals surface area (Å²) in [6.45, 7) is 3.48. The number of H-pyrrole nitrogens is 1. The minimum atomic E-state index is -0.597. The summed E-state index contributed by atoms with van der Waals surface area (Å²) in [5.74, 6) is 0.0854. The van der Waals surface area contributed by atoms with E-state index in [1.54, 1.807) is 26.0 Å². The highest BCUT2D eigenvalue weighted by atomic mass is 35.5. The zero-order valence-electron chi connectivity index (χ0n) is 11.9. The van der Waals surface area contributed by atoms with E-state index in [0.717, 1.165) is 0 Å². The van der Waals surface area contributed by atoms with Crippen molar-refractivity contribution in [1.29, 1.82) is 0 Å². The summed E-state index contributed by atoms with van der Waals surface area (Å²) >= 11 is 11.8. The molecule has 0 aliphatic carbocycles. The van der Waals surface area contributed by atoms with E-state index in [0.29, 0.717) is 22.0 Å². The van der Waals surface area contributed by atoms with Crippen LogP contribution in [0.1, 0.15) is 29.8 Å². The number of anilines is 1. The number of halogens is 2. The van der Waals surface area contributed by atoms with E-state index in [-0.39, 0.29) is 16.9 Å². The van der Waals surface area contributed by atoms with Gasteiger partial charge >= 0.3 is 6.09 Å². The molecule has 2 aromatic rings. The van der Waals surface area contributed by atoms with Gasteiger partial charge < -0.3 is 9.72 Å². The number of nitrogens with one attached hydrogen (secondary N) is 2. The minimum Gasteiger partial charge on any atom is -0.447 e. The van der Waals surface area contributed by atoms with E-state index in [9.17, 15) is 9.59 Å². The summed E-state index contributed by atoms with van der Waals surface area (Å²) in [5.41, 5.74) is 0.699. The van der Waals surface area contributed by atoms with Crippen LogP contribution < -0.4 is 5.32 Å². The average Bonchev–Trinajstić information content (AvgIpc) is 2.85. The fourth-order valence-electron chi connectivity index (χ4n) is 1.78. The van der Waals surface area contributed by atoms with Crippen molar-refractivity contribution in [3.63, 3.8) is 0 Å². The first-order valence-corrected chi connectivity index (χ1v) is 7.28. The van der Waals surface area contributed by atoms with Crippen molar-refractivity contribution >= 4 is 40.9 Å². The molecule has 1 aromatic carbocycles. The van der Waals surface area contributed by atoms with E-state index in [1.807, 2.05) is 0 Å².